The number of aromatic nitrogens is 1. The number of hydrogen-bond acceptors (Lipinski definition) is 5. The molecule has 7 nitrogen and oxygen atoms in total. The standard InChI is InChI=1S/C23H25N3O4S/c1-4-26(5-2)31(28,29)21-10-6-8-18(15-21)23(27)25-19-11-12-22(17(3)14-19)30-20-9-7-13-24-16-20/h6-16H,4-5H2,1-3H3,(H,25,27). The summed E-state index contributed by atoms with van der Waals surface area (Å²) in [6, 6.07) is 14.9. The number of hydrogen-bond donors (Lipinski definition) is 1. The van der Waals surface area contributed by atoms with Gasteiger partial charge < -0.3 is 10.1 Å². The van der Waals surface area contributed by atoms with Crippen LogP contribution in [0.25, 0.3) is 0 Å². The van der Waals surface area contributed by atoms with Crippen LogP contribution in [0.15, 0.2) is 71.9 Å². The highest BCUT2D eigenvalue weighted by Crippen LogP contribution is 2.27. The zero-order valence-corrected chi connectivity index (χ0v) is 18.5. The molecule has 0 bridgehead atoms. The first-order valence-corrected chi connectivity index (χ1v) is 11.4. The van der Waals surface area contributed by atoms with Crippen molar-refractivity contribution in [1.29, 1.82) is 0 Å². The normalized spacial score (nSPS) is 11.4. The van der Waals surface area contributed by atoms with E-state index in [-0.39, 0.29) is 10.5 Å². The van der Waals surface area contributed by atoms with E-state index in [1.807, 2.05) is 6.92 Å². The monoisotopic (exact) mass is 439 g/mol. The van der Waals surface area contributed by atoms with Gasteiger partial charge in [-0.1, -0.05) is 19.9 Å². The minimum Gasteiger partial charge on any atom is -0.455 e. The second-order valence-corrected chi connectivity index (χ2v) is 8.78. The summed E-state index contributed by atoms with van der Waals surface area (Å²) in [6.45, 7) is 6.16. The maximum Gasteiger partial charge on any atom is 0.255 e. The van der Waals surface area contributed by atoms with E-state index in [0.29, 0.717) is 30.3 Å². The first kappa shape index (κ1) is 22.5. The van der Waals surface area contributed by atoms with Gasteiger partial charge in [0.25, 0.3) is 5.91 Å². The fourth-order valence-electron chi connectivity index (χ4n) is 3.09. The quantitative estimate of drug-likeness (QED) is 0.560. The predicted octanol–water partition coefficient (Wildman–Crippen LogP) is 4.47. The third-order valence-electron chi connectivity index (χ3n) is 4.73. The highest BCUT2D eigenvalue weighted by atomic mass is 32.2. The van der Waals surface area contributed by atoms with Gasteiger partial charge in [0.15, 0.2) is 0 Å². The van der Waals surface area contributed by atoms with Gasteiger partial charge in [0.1, 0.15) is 11.5 Å². The van der Waals surface area contributed by atoms with Crippen LogP contribution >= 0.6 is 0 Å². The summed E-state index contributed by atoms with van der Waals surface area (Å²) < 4.78 is 32.6. The summed E-state index contributed by atoms with van der Waals surface area (Å²) in [5.74, 6) is 0.879. The van der Waals surface area contributed by atoms with Gasteiger partial charge >= 0.3 is 0 Å². The molecule has 0 unspecified atom stereocenters. The molecule has 0 aliphatic rings. The van der Waals surface area contributed by atoms with E-state index in [1.165, 1.54) is 16.4 Å². The third-order valence-corrected chi connectivity index (χ3v) is 6.78. The van der Waals surface area contributed by atoms with Gasteiger partial charge in [-0.2, -0.15) is 4.31 Å². The molecule has 0 aliphatic carbocycles. The Labute approximate surface area is 182 Å². The summed E-state index contributed by atoms with van der Waals surface area (Å²) in [5, 5.41) is 2.81. The lowest BCUT2D eigenvalue weighted by Gasteiger charge is -2.18. The smallest absolute Gasteiger partial charge is 0.255 e. The number of anilines is 1. The highest BCUT2D eigenvalue weighted by molar-refractivity contribution is 7.89. The van der Waals surface area contributed by atoms with Crippen molar-refractivity contribution in [1.82, 2.24) is 9.29 Å². The largest absolute Gasteiger partial charge is 0.455 e. The second-order valence-electron chi connectivity index (χ2n) is 6.84. The van der Waals surface area contributed by atoms with Crippen molar-refractivity contribution in [3.63, 3.8) is 0 Å². The van der Waals surface area contributed by atoms with Crippen molar-refractivity contribution in [3.05, 3.63) is 78.1 Å². The minimum atomic E-state index is -3.64. The van der Waals surface area contributed by atoms with Crippen LogP contribution in [0.2, 0.25) is 0 Å². The Morgan fingerprint density at radius 3 is 2.48 bits per heavy atom. The van der Waals surface area contributed by atoms with Crippen molar-refractivity contribution in [3.8, 4) is 11.5 Å². The molecule has 3 aromatic rings. The zero-order chi connectivity index (χ0) is 22.4. The number of benzene rings is 2. The molecule has 1 heterocycles. The molecule has 0 fully saturated rings. The minimum absolute atomic E-state index is 0.0975. The SMILES string of the molecule is CCN(CC)S(=O)(=O)c1cccc(C(=O)Nc2ccc(Oc3cccnc3)c(C)c2)c1. The molecule has 8 heteroatoms. The molecule has 2 aromatic carbocycles. The Kier molecular flexibility index (Phi) is 7.04. The maximum atomic E-state index is 12.7. The van der Waals surface area contributed by atoms with Crippen LogP contribution in [0, 0.1) is 6.92 Å². The average molecular weight is 440 g/mol. The summed E-state index contributed by atoms with van der Waals surface area (Å²) >= 11 is 0. The van der Waals surface area contributed by atoms with E-state index in [2.05, 4.69) is 10.3 Å². The van der Waals surface area contributed by atoms with Crippen molar-refractivity contribution in [2.24, 2.45) is 0 Å². The topological polar surface area (TPSA) is 88.6 Å². The van der Waals surface area contributed by atoms with E-state index in [4.69, 9.17) is 4.74 Å². The molecule has 1 N–H and O–H groups in total. The summed E-state index contributed by atoms with van der Waals surface area (Å²) in [4.78, 5) is 16.8. The third kappa shape index (κ3) is 5.28. The number of carbonyl (C=O) groups is 1. The van der Waals surface area contributed by atoms with Crippen LogP contribution in [-0.2, 0) is 10.0 Å². The fourth-order valence-corrected chi connectivity index (χ4v) is 4.59. The van der Waals surface area contributed by atoms with Gasteiger partial charge in [-0.05, 0) is 61.0 Å². The molecule has 1 amide bonds. The van der Waals surface area contributed by atoms with E-state index < -0.39 is 15.9 Å². The van der Waals surface area contributed by atoms with Crippen LogP contribution in [-0.4, -0.2) is 36.7 Å². The lowest BCUT2D eigenvalue weighted by Crippen LogP contribution is -2.30. The number of pyridine rings is 1. The van der Waals surface area contributed by atoms with Gasteiger partial charge in [-0.15, -0.1) is 0 Å². The summed E-state index contributed by atoms with van der Waals surface area (Å²) in [6.07, 6.45) is 3.29. The summed E-state index contributed by atoms with van der Waals surface area (Å²) in [7, 11) is -3.64. The number of nitrogens with one attached hydrogen (secondary N) is 1. The van der Waals surface area contributed by atoms with Crippen LogP contribution < -0.4 is 10.1 Å². The summed E-state index contributed by atoms with van der Waals surface area (Å²) in [5.41, 5.74) is 1.68. The number of amides is 1. The lowest BCUT2D eigenvalue weighted by molar-refractivity contribution is 0.102. The van der Waals surface area contributed by atoms with Gasteiger partial charge in [0, 0.05) is 30.5 Å². The number of nitrogens with zero attached hydrogens (tertiary/aromatic N) is 2. The van der Waals surface area contributed by atoms with Gasteiger partial charge in [0.2, 0.25) is 10.0 Å². The first-order chi connectivity index (χ1) is 14.8. The fraction of sp³-hybridized carbons (Fsp3) is 0.217. The molecular formula is C23H25N3O4S. The first-order valence-electron chi connectivity index (χ1n) is 9.95. The highest BCUT2D eigenvalue weighted by Gasteiger charge is 2.22. The molecule has 0 spiro atoms. The Bertz CT molecular complexity index is 1160. The van der Waals surface area contributed by atoms with Crippen molar-refractivity contribution in [2.75, 3.05) is 18.4 Å². The average Bonchev–Trinajstić information content (AvgIpc) is 2.77. The maximum absolute atomic E-state index is 12.7. The molecule has 3 rings (SSSR count). The molecular weight excluding hydrogens is 414 g/mol. The van der Waals surface area contributed by atoms with Gasteiger partial charge in [-0.25, -0.2) is 8.42 Å². The van der Waals surface area contributed by atoms with Crippen LogP contribution in [0.3, 0.4) is 0 Å². The molecule has 162 valence electrons. The number of sulfonamides is 1. The lowest BCUT2D eigenvalue weighted by atomic mass is 10.1. The Morgan fingerprint density at radius 2 is 1.84 bits per heavy atom. The molecule has 0 saturated heterocycles. The Balaban J connectivity index is 1.77. The van der Waals surface area contributed by atoms with Crippen molar-refractivity contribution in [2.45, 2.75) is 25.7 Å². The number of ether oxygens (including phenoxy) is 1. The molecule has 1 aromatic heterocycles. The van der Waals surface area contributed by atoms with E-state index >= 15 is 0 Å². The number of aryl methyl sites for hydroxylation is 1. The van der Waals surface area contributed by atoms with Crippen LogP contribution in [0.1, 0.15) is 29.8 Å². The van der Waals surface area contributed by atoms with Crippen LogP contribution in [0.4, 0.5) is 5.69 Å². The number of carbonyl (C=O) groups excluding carboxylic acids is 1. The second kappa shape index (κ2) is 9.72. The number of rotatable bonds is 8. The van der Waals surface area contributed by atoms with Crippen LogP contribution in [0.5, 0.6) is 11.5 Å². The zero-order valence-electron chi connectivity index (χ0n) is 17.7. The Hall–Kier alpha value is -3.23. The van der Waals surface area contributed by atoms with E-state index in [0.717, 1.165) is 5.56 Å². The van der Waals surface area contributed by atoms with Crippen molar-refractivity contribution < 1.29 is 17.9 Å². The molecule has 31 heavy (non-hydrogen) atoms. The molecule has 0 atom stereocenters. The Morgan fingerprint density at radius 1 is 1.06 bits per heavy atom. The van der Waals surface area contributed by atoms with Gasteiger partial charge in [-0.3, -0.25) is 9.78 Å². The molecule has 0 saturated carbocycles. The predicted molar refractivity (Wildman–Crippen MR) is 120 cm³/mol. The van der Waals surface area contributed by atoms with E-state index in [1.54, 1.807) is 68.7 Å². The van der Waals surface area contributed by atoms with E-state index in [9.17, 15) is 13.2 Å². The molecule has 0 aliphatic heterocycles. The molecule has 0 radical (unpaired) electrons. The van der Waals surface area contributed by atoms with Crippen molar-refractivity contribution >= 4 is 21.6 Å². The van der Waals surface area contributed by atoms with Gasteiger partial charge in [0.05, 0.1) is 11.1 Å².